The number of pyridine rings is 2. The van der Waals surface area contributed by atoms with E-state index in [0.717, 1.165) is 32.2 Å². The van der Waals surface area contributed by atoms with Crippen molar-refractivity contribution in [1.82, 2.24) is 24.4 Å². The Morgan fingerprint density at radius 1 is 0.914 bits per heavy atom. The highest BCUT2D eigenvalue weighted by Gasteiger charge is 2.31. The fraction of sp³-hybridized carbons (Fsp3) is 0.308. The molecular formula is C26H28N8O. The molecule has 0 bridgehead atoms. The van der Waals surface area contributed by atoms with Gasteiger partial charge in [-0.05, 0) is 55.7 Å². The van der Waals surface area contributed by atoms with E-state index in [-0.39, 0.29) is 5.56 Å². The first-order valence-electron chi connectivity index (χ1n) is 12.0. The summed E-state index contributed by atoms with van der Waals surface area (Å²) in [4.78, 5) is 31.1. The van der Waals surface area contributed by atoms with E-state index in [0.29, 0.717) is 34.0 Å². The van der Waals surface area contributed by atoms with E-state index in [4.69, 9.17) is 5.73 Å². The fourth-order valence-corrected chi connectivity index (χ4v) is 4.82. The summed E-state index contributed by atoms with van der Waals surface area (Å²) in [6.07, 6.45) is 7.62. The minimum atomic E-state index is -0.223. The van der Waals surface area contributed by atoms with Crippen LogP contribution in [-0.4, -0.2) is 56.6 Å². The SMILES string of the molecule is Cc1cc(Nc2cc3c(cn2)ncc(=O)n3-c2ccc(N)cc2)ncc1N1CCN(C2CC2)CC1. The first-order chi connectivity index (χ1) is 17.0. The molecule has 4 heterocycles. The predicted octanol–water partition coefficient (Wildman–Crippen LogP) is 3.09. The summed E-state index contributed by atoms with van der Waals surface area (Å²) in [5, 5.41) is 3.29. The molecule has 1 saturated heterocycles. The van der Waals surface area contributed by atoms with Gasteiger partial charge in [0.15, 0.2) is 0 Å². The number of benzene rings is 1. The van der Waals surface area contributed by atoms with Crippen molar-refractivity contribution in [2.75, 3.05) is 42.1 Å². The molecule has 2 fully saturated rings. The molecule has 35 heavy (non-hydrogen) atoms. The van der Waals surface area contributed by atoms with Crippen molar-refractivity contribution in [1.29, 1.82) is 0 Å². The van der Waals surface area contributed by atoms with E-state index in [1.54, 1.807) is 22.9 Å². The quantitative estimate of drug-likeness (QED) is 0.431. The van der Waals surface area contributed by atoms with Crippen molar-refractivity contribution in [2.45, 2.75) is 25.8 Å². The van der Waals surface area contributed by atoms with E-state index in [1.807, 2.05) is 30.5 Å². The van der Waals surface area contributed by atoms with E-state index in [2.05, 4.69) is 37.0 Å². The lowest BCUT2D eigenvalue weighted by Crippen LogP contribution is -2.47. The Bertz CT molecular complexity index is 1440. The van der Waals surface area contributed by atoms with Crippen molar-refractivity contribution < 1.29 is 0 Å². The molecule has 9 nitrogen and oxygen atoms in total. The summed E-state index contributed by atoms with van der Waals surface area (Å²) in [5.74, 6) is 1.30. The number of rotatable bonds is 5. The maximum atomic E-state index is 12.7. The van der Waals surface area contributed by atoms with E-state index in [9.17, 15) is 4.79 Å². The average molecular weight is 469 g/mol. The first kappa shape index (κ1) is 21.5. The van der Waals surface area contributed by atoms with Gasteiger partial charge in [0.05, 0.1) is 29.8 Å². The van der Waals surface area contributed by atoms with Gasteiger partial charge in [0.1, 0.15) is 17.2 Å². The smallest absolute Gasteiger partial charge is 0.274 e. The molecule has 178 valence electrons. The molecule has 6 rings (SSSR count). The summed E-state index contributed by atoms with van der Waals surface area (Å²) in [7, 11) is 0. The zero-order chi connectivity index (χ0) is 23.9. The number of fused-ring (bicyclic) bond motifs is 1. The van der Waals surface area contributed by atoms with Gasteiger partial charge in [-0.15, -0.1) is 0 Å². The Morgan fingerprint density at radius 3 is 2.34 bits per heavy atom. The van der Waals surface area contributed by atoms with Crippen LogP contribution in [0.4, 0.5) is 23.0 Å². The topological polar surface area (TPSA) is 105 Å². The second kappa shape index (κ2) is 8.66. The number of hydrogen-bond donors (Lipinski definition) is 2. The number of nitrogens with zero attached hydrogens (tertiary/aromatic N) is 6. The fourth-order valence-electron chi connectivity index (χ4n) is 4.82. The highest BCUT2D eigenvalue weighted by molar-refractivity contribution is 5.79. The minimum Gasteiger partial charge on any atom is -0.399 e. The van der Waals surface area contributed by atoms with Crippen LogP contribution in [-0.2, 0) is 0 Å². The number of hydrogen-bond acceptors (Lipinski definition) is 8. The van der Waals surface area contributed by atoms with Crippen LogP contribution in [0.15, 0.2) is 59.8 Å². The van der Waals surface area contributed by atoms with Crippen LogP contribution in [0, 0.1) is 6.92 Å². The molecular weight excluding hydrogens is 440 g/mol. The lowest BCUT2D eigenvalue weighted by atomic mass is 10.2. The van der Waals surface area contributed by atoms with Crippen LogP contribution in [0.1, 0.15) is 18.4 Å². The predicted molar refractivity (Wildman–Crippen MR) is 139 cm³/mol. The molecule has 0 radical (unpaired) electrons. The molecule has 4 aromatic rings. The van der Waals surface area contributed by atoms with E-state index >= 15 is 0 Å². The third-order valence-corrected chi connectivity index (χ3v) is 6.85. The van der Waals surface area contributed by atoms with Crippen molar-refractivity contribution in [3.8, 4) is 5.69 Å². The lowest BCUT2D eigenvalue weighted by Gasteiger charge is -2.36. The third kappa shape index (κ3) is 4.30. The van der Waals surface area contributed by atoms with Crippen LogP contribution >= 0.6 is 0 Å². The Hall–Kier alpha value is -3.98. The first-order valence-corrected chi connectivity index (χ1v) is 12.0. The molecule has 0 amide bonds. The molecule has 3 aromatic heterocycles. The van der Waals surface area contributed by atoms with Gasteiger partial charge in [-0.1, -0.05) is 0 Å². The normalized spacial score (nSPS) is 16.5. The highest BCUT2D eigenvalue weighted by Crippen LogP contribution is 2.30. The Morgan fingerprint density at radius 2 is 1.63 bits per heavy atom. The van der Waals surface area contributed by atoms with Gasteiger partial charge in [0.25, 0.3) is 5.56 Å². The number of nitrogens with one attached hydrogen (secondary N) is 1. The van der Waals surface area contributed by atoms with Crippen molar-refractivity contribution >= 4 is 34.0 Å². The zero-order valence-electron chi connectivity index (χ0n) is 19.7. The highest BCUT2D eigenvalue weighted by atomic mass is 16.1. The monoisotopic (exact) mass is 468 g/mol. The molecule has 1 aliphatic carbocycles. The van der Waals surface area contributed by atoms with Crippen LogP contribution in [0.25, 0.3) is 16.7 Å². The molecule has 2 aliphatic rings. The Labute approximate surface area is 203 Å². The maximum Gasteiger partial charge on any atom is 0.274 e. The van der Waals surface area contributed by atoms with Gasteiger partial charge in [-0.25, -0.2) is 15.0 Å². The molecule has 1 aromatic carbocycles. The largest absolute Gasteiger partial charge is 0.399 e. The van der Waals surface area contributed by atoms with Crippen LogP contribution in [0.2, 0.25) is 0 Å². The molecule has 0 spiro atoms. The molecule has 3 N–H and O–H groups in total. The average Bonchev–Trinajstić information content (AvgIpc) is 3.71. The Kier molecular flexibility index (Phi) is 5.33. The van der Waals surface area contributed by atoms with Gasteiger partial charge >= 0.3 is 0 Å². The van der Waals surface area contributed by atoms with Crippen LogP contribution in [0.3, 0.4) is 0 Å². The summed E-state index contributed by atoms with van der Waals surface area (Å²) in [6.45, 7) is 6.43. The second-order valence-corrected chi connectivity index (χ2v) is 9.32. The number of anilines is 4. The Balaban J connectivity index is 1.26. The number of aryl methyl sites for hydroxylation is 1. The van der Waals surface area contributed by atoms with E-state index in [1.165, 1.54) is 30.3 Å². The van der Waals surface area contributed by atoms with Gasteiger partial charge < -0.3 is 16.0 Å². The van der Waals surface area contributed by atoms with Gasteiger partial charge in [0.2, 0.25) is 0 Å². The van der Waals surface area contributed by atoms with Crippen molar-refractivity contribution in [3.63, 3.8) is 0 Å². The van der Waals surface area contributed by atoms with Crippen LogP contribution < -0.4 is 21.5 Å². The standard InChI is InChI=1S/C26H28N8O/c1-17-12-24(30-15-23(17)33-10-8-32(9-11-33)19-6-7-19)31-25-13-22-21(14-29-25)28-16-26(35)34(22)20-4-2-18(27)3-5-20/h2-5,12-16,19H,6-11,27H2,1H3,(H,29,30,31). The zero-order valence-corrected chi connectivity index (χ0v) is 19.7. The van der Waals surface area contributed by atoms with E-state index < -0.39 is 0 Å². The lowest BCUT2D eigenvalue weighted by molar-refractivity contribution is 0.248. The molecule has 1 saturated carbocycles. The summed E-state index contributed by atoms with van der Waals surface area (Å²) in [6, 6.07) is 11.9. The van der Waals surface area contributed by atoms with Crippen molar-refractivity contribution in [3.05, 3.63) is 70.9 Å². The molecule has 1 aliphatic heterocycles. The number of piperazine rings is 1. The second-order valence-electron chi connectivity index (χ2n) is 9.32. The number of nitrogens with two attached hydrogens (primary N) is 1. The van der Waals surface area contributed by atoms with Crippen molar-refractivity contribution in [2.24, 2.45) is 0 Å². The van der Waals surface area contributed by atoms with Gasteiger partial charge in [0, 0.05) is 49.7 Å². The number of aromatic nitrogens is 4. The minimum absolute atomic E-state index is 0.223. The molecule has 0 unspecified atom stereocenters. The van der Waals surface area contributed by atoms with Gasteiger partial charge in [-0.2, -0.15) is 0 Å². The maximum absolute atomic E-state index is 12.7. The summed E-state index contributed by atoms with van der Waals surface area (Å²) < 4.78 is 1.61. The number of nitrogen functional groups attached to an aromatic ring is 1. The summed E-state index contributed by atoms with van der Waals surface area (Å²) in [5.41, 5.74) is 10.6. The van der Waals surface area contributed by atoms with Gasteiger partial charge in [-0.3, -0.25) is 14.3 Å². The summed E-state index contributed by atoms with van der Waals surface area (Å²) >= 11 is 0. The van der Waals surface area contributed by atoms with Crippen LogP contribution in [0.5, 0.6) is 0 Å². The third-order valence-electron chi connectivity index (χ3n) is 6.85. The molecule has 9 heteroatoms. The molecule has 0 atom stereocenters.